The highest BCUT2D eigenvalue weighted by Crippen LogP contribution is 2.15. The van der Waals surface area contributed by atoms with Crippen molar-refractivity contribution in [2.24, 2.45) is 0 Å². The van der Waals surface area contributed by atoms with Gasteiger partial charge in [-0.05, 0) is 31.2 Å². The van der Waals surface area contributed by atoms with Crippen LogP contribution in [0.5, 0.6) is 0 Å². The minimum atomic E-state index is -4.48. The molecule has 5 nitrogen and oxygen atoms in total. The molecule has 0 atom stereocenters. The van der Waals surface area contributed by atoms with E-state index in [1.54, 1.807) is 0 Å². The molecule has 0 radical (unpaired) electrons. The zero-order chi connectivity index (χ0) is 16.1. The third-order valence-corrected chi connectivity index (χ3v) is 3.67. The van der Waals surface area contributed by atoms with Crippen LogP contribution >= 0.6 is 0 Å². The largest absolute Gasteiger partial charge is 0.411 e. The van der Waals surface area contributed by atoms with E-state index in [0.717, 1.165) is 0 Å². The molecule has 0 aliphatic carbocycles. The number of ether oxygens (including phenoxy) is 1. The van der Waals surface area contributed by atoms with E-state index >= 15 is 0 Å². The predicted molar refractivity (Wildman–Crippen MR) is 70.7 cm³/mol. The summed E-state index contributed by atoms with van der Waals surface area (Å²) in [5, 5.41) is 0. The van der Waals surface area contributed by atoms with Gasteiger partial charge in [0.1, 0.15) is 13.2 Å². The van der Waals surface area contributed by atoms with Gasteiger partial charge in [-0.15, -0.1) is 0 Å². The van der Waals surface area contributed by atoms with Crippen molar-refractivity contribution in [2.75, 3.05) is 23.7 Å². The van der Waals surface area contributed by atoms with Crippen molar-refractivity contribution >= 4 is 21.5 Å². The molecule has 0 amide bonds. The van der Waals surface area contributed by atoms with Gasteiger partial charge in [0, 0.05) is 11.3 Å². The highest BCUT2D eigenvalue weighted by molar-refractivity contribution is 7.92. The molecule has 0 aliphatic rings. The number of nitrogens with one attached hydrogen (secondary N) is 1. The van der Waals surface area contributed by atoms with Crippen LogP contribution in [-0.2, 0) is 14.8 Å². The van der Waals surface area contributed by atoms with E-state index < -0.39 is 35.2 Å². The van der Waals surface area contributed by atoms with Crippen LogP contribution in [0.4, 0.5) is 18.9 Å². The van der Waals surface area contributed by atoms with Gasteiger partial charge >= 0.3 is 6.18 Å². The molecule has 0 heterocycles. The number of hydrogen-bond donors (Lipinski definition) is 1. The Morgan fingerprint density at radius 1 is 1.24 bits per heavy atom. The molecule has 0 fully saturated rings. The molecule has 0 aromatic heterocycles. The van der Waals surface area contributed by atoms with Crippen LogP contribution in [0.25, 0.3) is 0 Å². The molecule has 0 bridgehead atoms. The Bertz CT molecular complexity index is 582. The third-order valence-electron chi connectivity index (χ3n) is 2.36. The van der Waals surface area contributed by atoms with E-state index in [0.29, 0.717) is 0 Å². The van der Waals surface area contributed by atoms with Gasteiger partial charge in [0.05, 0.1) is 5.75 Å². The summed E-state index contributed by atoms with van der Waals surface area (Å²) in [6.07, 6.45) is -4.48. The van der Waals surface area contributed by atoms with Crippen molar-refractivity contribution in [1.29, 1.82) is 0 Å². The minimum absolute atomic E-state index is 0.0982. The number of carbonyl (C=O) groups is 1. The molecule has 21 heavy (non-hydrogen) atoms. The number of benzene rings is 1. The van der Waals surface area contributed by atoms with Crippen LogP contribution in [0.15, 0.2) is 24.3 Å². The monoisotopic (exact) mass is 325 g/mol. The summed E-state index contributed by atoms with van der Waals surface area (Å²) in [7, 11) is -3.42. The van der Waals surface area contributed by atoms with E-state index in [4.69, 9.17) is 0 Å². The average molecular weight is 325 g/mol. The van der Waals surface area contributed by atoms with E-state index in [1.165, 1.54) is 31.2 Å². The van der Waals surface area contributed by atoms with Crippen LogP contribution in [0.3, 0.4) is 0 Å². The first-order valence-electron chi connectivity index (χ1n) is 5.91. The molecule has 1 aromatic rings. The van der Waals surface area contributed by atoms with Crippen LogP contribution in [0.2, 0.25) is 0 Å². The normalized spacial score (nSPS) is 12.2. The lowest BCUT2D eigenvalue weighted by Crippen LogP contribution is -2.20. The van der Waals surface area contributed by atoms with Gasteiger partial charge in [-0.25, -0.2) is 8.42 Å². The summed E-state index contributed by atoms with van der Waals surface area (Å²) in [6, 6.07) is 5.33. The number of carbonyl (C=O) groups excluding carboxylic acids is 1. The number of anilines is 1. The van der Waals surface area contributed by atoms with E-state index in [-0.39, 0.29) is 17.0 Å². The maximum Gasteiger partial charge on any atom is 0.411 e. The van der Waals surface area contributed by atoms with E-state index in [9.17, 15) is 26.4 Å². The number of ketones is 1. The Morgan fingerprint density at radius 3 is 2.29 bits per heavy atom. The fraction of sp³-hybridized carbons (Fsp3) is 0.417. The Balaban J connectivity index is 2.59. The number of hydrogen-bond acceptors (Lipinski definition) is 4. The maximum atomic E-state index is 11.9. The highest BCUT2D eigenvalue weighted by atomic mass is 32.2. The summed E-state index contributed by atoms with van der Waals surface area (Å²) >= 11 is 0. The Kier molecular flexibility index (Phi) is 5.73. The van der Waals surface area contributed by atoms with Crippen LogP contribution < -0.4 is 4.72 Å². The van der Waals surface area contributed by atoms with Gasteiger partial charge in [0.15, 0.2) is 5.78 Å². The zero-order valence-corrected chi connectivity index (χ0v) is 11.9. The number of halogens is 3. The fourth-order valence-electron chi connectivity index (χ4n) is 1.32. The standard InChI is InChI=1S/C12H14F3NO4S/c1-2-21(18,19)16-10-5-3-9(4-6-10)11(17)7-20-8-12(13,14)15/h3-6,16H,2,7-8H2,1H3. The number of alkyl halides is 3. The predicted octanol–water partition coefficient (Wildman–Crippen LogP) is 2.21. The Hall–Kier alpha value is -1.61. The van der Waals surface area contributed by atoms with Gasteiger partial charge in [-0.1, -0.05) is 0 Å². The third kappa shape index (κ3) is 6.58. The second kappa shape index (κ2) is 6.90. The number of sulfonamides is 1. The molecule has 0 unspecified atom stereocenters. The van der Waals surface area contributed by atoms with Crippen molar-refractivity contribution in [2.45, 2.75) is 13.1 Å². The molecule has 1 aromatic carbocycles. The fourth-order valence-corrected chi connectivity index (χ4v) is 1.96. The second-order valence-electron chi connectivity index (χ2n) is 4.11. The molecule has 9 heteroatoms. The lowest BCUT2D eigenvalue weighted by atomic mass is 10.1. The Labute approximate surface area is 120 Å². The summed E-state index contributed by atoms with van der Waals surface area (Å²) in [4.78, 5) is 11.6. The minimum Gasteiger partial charge on any atom is -0.364 e. The molecule has 0 aliphatic heterocycles. The lowest BCUT2D eigenvalue weighted by Gasteiger charge is -2.08. The van der Waals surface area contributed by atoms with Crippen molar-refractivity contribution in [3.63, 3.8) is 0 Å². The van der Waals surface area contributed by atoms with Crippen molar-refractivity contribution in [3.05, 3.63) is 29.8 Å². The smallest absolute Gasteiger partial charge is 0.364 e. The van der Waals surface area contributed by atoms with Gasteiger partial charge in [0.2, 0.25) is 10.0 Å². The number of rotatable bonds is 7. The molecule has 0 spiro atoms. The van der Waals surface area contributed by atoms with Crippen LogP contribution in [-0.4, -0.2) is 39.3 Å². The van der Waals surface area contributed by atoms with Crippen LogP contribution in [0, 0.1) is 0 Å². The van der Waals surface area contributed by atoms with Crippen LogP contribution in [0.1, 0.15) is 17.3 Å². The number of Topliss-reactive ketones (excluding diaryl/α,β-unsaturated/α-hetero) is 1. The van der Waals surface area contributed by atoms with E-state index in [1.807, 2.05) is 0 Å². The van der Waals surface area contributed by atoms with E-state index in [2.05, 4.69) is 9.46 Å². The van der Waals surface area contributed by atoms with Crippen molar-refractivity contribution < 1.29 is 31.1 Å². The van der Waals surface area contributed by atoms with Crippen molar-refractivity contribution in [1.82, 2.24) is 0 Å². The molecule has 1 rings (SSSR count). The molecular weight excluding hydrogens is 311 g/mol. The lowest BCUT2D eigenvalue weighted by molar-refractivity contribution is -0.170. The molecule has 1 N–H and O–H groups in total. The topological polar surface area (TPSA) is 72.5 Å². The maximum absolute atomic E-state index is 11.9. The summed E-state index contributed by atoms with van der Waals surface area (Å²) in [6.45, 7) is -0.717. The first-order chi connectivity index (χ1) is 9.63. The highest BCUT2D eigenvalue weighted by Gasteiger charge is 2.27. The summed E-state index contributed by atoms with van der Waals surface area (Å²) in [5.41, 5.74) is 0.404. The van der Waals surface area contributed by atoms with Gasteiger partial charge < -0.3 is 4.74 Å². The Morgan fingerprint density at radius 2 is 1.81 bits per heavy atom. The molecular formula is C12H14F3NO4S. The first-order valence-corrected chi connectivity index (χ1v) is 7.56. The van der Waals surface area contributed by atoms with Gasteiger partial charge in [0.25, 0.3) is 0 Å². The summed E-state index contributed by atoms with van der Waals surface area (Å²) < 4.78 is 64.7. The average Bonchev–Trinajstić information content (AvgIpc) is 2.37. The van der Waals surface area contributed by atoms with Crippen molar-refractivity contribution in [3.8, 4) is 0 Å². The van der Waals surface area contributed by atoms with Gasteiger partial charge in [-0.2, -0.15) is 13.2 Å². The zero-order valence-electron chi connectivity index (χ0n) is 11.1. The summed E-state index contributed by atoms with van der Waals surface area (Å²) in [5.74, 6) is -0.719. The first kappa shape index (κ1) is 17.4. The molecule has 0 saturated heterocycles. The second-order valence-corrected chi connectivity index (χ2v) is 6.12. The van der Waals surface area contributed by atoms with Gasteiger partial charge in [-0.3, -0.25) is 9.52 Å². The quantitative estimate of drug-likeness (QED) is 0.780. The molecule has 118 valence electrons. The molecule has 0 saturated carbocycles. The SMILES string of the molecule is CCS(=O)(=O)Nc1ccc(C(=O)COCC(F)(F)F)cc1.